The second-order valence-corrected chi connectivity index (χ2v) is 5.90. The minimum absolute atomic E-state index is 0.657. The molecule has 0 bridgehead atoms. The molecule has 100 valence electrons. The van der Waals surface area contributed by atoms with E-state index in [0.717, 1.165) is 26.4 Å². The molecule has 2 nitrogen and oxygen atoms in total. The molecule has 0 saturated carbocycles. The first-order valence-corrected chi connectivity index (χ1v) is 7.08. The van der Waals surface area contributed by atoms with Gasteiger partial charge < -0.3 is 9.15 Å². The molecule has 1 heterocycles. The van der Waals surface area contributed by atoms with Crippen molar-refractivity contribution < 1.29 is 9.15 Å². The fourth-order valence-electron chi connectivity index (χ4n) is 2.14. The fourth-order valence-corrected chi connectivity index (χ4v) is 2.76. The van der Waals surface area contributed by atoms with E-state index in [0.29, 0.717) is 5.75 Å². The highest BCUT2D eigenvalue weighted by molar-refractivity contribution is 9.10. The van der Waals surface area contributed by atoms with Gasteiger partial charge in [-0.3, -0.25) is 0 Å². The van der Waals surface area contributed by atoms with Gasteiger partial charge in [0, 0.05) is 10.8 Å². The Morgan fingerprint density at radius 2 is 1.90 bits per heavy atom. The number of rotatable bonds is 2. The Balaban J connectivity index is 2.25. The second-order valence-electron chi connectivity index (χ2n) is 5.11. The molecule has 0 spiro atoms. The maximum Gasteiger partial charge on any atom is 0.163 e. The lowest BCUT2D eigenvalue weighted by molar-refractivity contribution is 0.171. The van der Waals surface area contributed by atoms with Crippen molar-refractivity contribution in [2.24, 2.45) is 0 Å². The Kier molecular flexibility index (Phi) is 2.99. The van der Waals surface area contributed by atoms with Gasteiger partial charge in [0.1, 0.15) is 16.9 Å². The van der Waals surface area contributed by atoms with E-state index in [1.165, 1.54) is 0 Å². The highest BCUT2D eigenvalue weighted by atomic mass is 79.9. The Morgan fingerprint density at radius 3 is 2.65 bits per heavy atom. The Morgan fingerprint density at radius 1 is 1.15 bits per heavy atom. The van der Waals surface area contributed by atoms with Crippen LogP contribution in [-0.4, -0.2) is 5.60 Å². The van der Waals surface area contributed by atoms with Gasteiger partial charge in [-0.2, -0.15) is 0 Å². The first-order chi connectivity index (χ1) is 9.52. The molecular formula is C17H13BrO2. The summed E-state index contributed by atoms with van der Waals surface area (Å²) in [4.78, 5) is 0. The quantitative estimate of drug-likeness (QED) is 0.608. The molecule has 0 unspecified atom stereocenters. The summed E-state index contributed by atoms with van der Waals surface area (Å²) in [6, 6.07) is 11.7. The van der Waals surface area contributed by atoms with Crippen molar-refractivity contribution >= 4 is 37.9 Å². The van der Waals surface area contributed by atoms with Crippen LogP contribution in [0.15, 0.2) is 45.3 Å². The number of benzene rings is 2. The third-order valence-corrected chi connectivity index (χ3v) is 3.94. The van der Waals surface area contributed by atoms with E-state index in [1.54, 1.807) is 0 Å². The third kappa shape index (κ3) is 2.07. The number of furan rings is 1. The zero-order valence-electron chi connectivity index (χ0n) is 11.2. The highest BCUT2D eigenvalue weighted by Crippen LogP contribution is 2.40. The van der Waals surface area contributed by atoms with Crippen molar-refractivity contribution in [3.05, 3.63) is 40.9 Å². The molecule has 0 amide bonds. The Labute approximate surface area is 125 Å². The van der Waals surface area contributed by atoms with Gasteiger partial charge in [0.2, 0.25) is 0 Å². The van der Waals surface area contributed by atoms with E-state index in [9.17, 15) is 0 Å². The highest BCUT2D eigenvalue weighted by Gasteiger charge is 2.20. The van der Waals surface area contributed by atoms with Gasteiger partial charge in [-0.15, -0.1) is 6.42 Å². The van der Waals surface area contributed by atoms with Crippen molar-refractivity contribution in [1.82, 2.24) is 0 Å². The summed E-state index contributed by atoms with van der Waals surface area (Å²) >= 11 is 3.61. The van der Waals surface area contributed by atoms with Crippen LogP contribution >= 0.6 is 15.9 Å². The van der Waals surface area contributed by atoms with Crippen LogP contribution in [0.25, 0.3) is 21.9 Å². The maximum absolute atomic E-state index is 5.88. The van der Waals surface area contributed by atoms with Gasteiger partial charge in [-0.05, 0) is 48.0 Å². The molecule has 3 heteroatoms. The van der Waals surface area contributed by atoms with E-state index in [2.05, 4.69) is 21.9 Å². The summed E-state index contributed by atoms with van der Waals surface area (Å²) in [5.74, 6) is 3.34. The minimum Gasteiger partial charge on any atom is -0.474 e. The van der Waals surface area contributed by atoms with Crippen molar-refractivity contribution in [3.8, 4) is 18.1 Å². The van der Waals surface area contributed by atoms with Crippen LogP contribution in [0.5, 0.6) is 5.75 Å². The molecule has 3 aromatic rings. The van der Waals surface area contributed by atoms with Crippen molar-refractivity contribution in [3.63, 3.8) is 0 Å². The Hall–Kier alpha value is -1.92. The lowest BCUT2D eigenvalue weighted by atomic mass is 10.1. The molecule has 0 fully saturated rings. The van der Waals surface area contributed by atoms with E-state index in [4.69, 9.17) is 15.6 Å². The number of hydrogen-bond acceptors (Lipinski definition) is 2. The van der Waals surface area contributed by atoms with Gasteiger partial charge in [0.15, 0.2) is 5.60 Å². The van der Waals surface area contributed by atoms with Crippen LogP contribution in [-0.2, 0) is 0 Å². The van der Waals surface area contributed by atoms with E-state index in [-0.39, 0.29) is 0 Å². The summed E-state index contributed by atoms with van der Waals surface area (Å²) in [6.07, 6.45) is 5.48. The van der Waals surface area contributed by atoms with Crippen LogP contribution in [0.4, 0.5) is 0 Å². The predicted molar refractivity (Wildman–Crippen MR) is 85.0 cm³/mol. The first kappa shape index (κ1) is 13.1. The van der Waals surface area contributed by atoms with Gasteiger partial charge in [-0.25, -0.2) is 0 Å². The lowest BCUT2D eigenvalue weighted by Gasteiger charge is -2.21. The van der Waals surface area contributed by atoms with Gasteiger partial charge in [0.25, 0.3) is 0 Å². The number of terminal acetylenes is 1. The number of hydrogen-bond donors (Lipinski definition) is 0. The predicted octanol–water partition coefficient (Wildman–Crippen LogP) is 5.14. The summed E-state index contributed by atoms with van der Waals surface area (Å²) in [5.41, 5.74) is 1.02. The molecule has 0 radical (unpaired) electrons. The van der Waals surface area contributed by atoms with Gasteiger partial charge in [0.05, 0.1) is 4.47 Å². The molecule has 0 atom stereocenters. The summed E-state index contributed by atoms with van der Waals surface area (Å²) in [7, 11) is 0. The lowest BCUT2D eigenvalue weighted by Crippen LogP contribution is -2.25. The average molecular weight is 329 g/mol. The van der Waals surface area contributed by atoms with Crippen LogP contribution in [0.1, 0.15) is 13.8 Å². The van der Waals surface area contributed by atoms with E-state index in [1.807, 2.05) is 50.2 Å². The molecule has 3 rings (SSSR count). The van der Waals surface area contributed by atoms with E-state index < -0.39 is 5.60 Å². The van der Waals surface area contributed by atoms with Crippen molar-refractivity contribution in [1.29, 1.82) is 0 Å². The van der Waals surface area contributed by atoms with Crippen molar-refractivity contribution in [2.45, 2.75) is 19.4 Å². The summed E-state index contributed by atoms with van der Waals surface area (Å²) in [6.45, 7) is 3.72. The summed E-state index contributed by atoms with van der Waals surface area (Å²) in [5, 5.41) is 2.06. The van der Waals surface area contributed by atoms with Crippen LogP contribution in [0.3, 0.4) is 0 Å². The SMILES string of the molecule is C#CC(C)(C)Oc1ccc2oc3ccccc3c2c1Br. The first-order valence-electron chi connectivity index (χ1n) is 6.28. The number of halogens is 1. The fraction of sp³-hybridized carbons (Fsp3) is 0.176. The number of ether oxygens (including phenoxy) is 1. The van der Waals surface area contributed by atoms with Crippen LogP contribution in [0.2, 0.25) is 0 Å². The monoisotopic (exact) mass is 328 g/mol. The van der Waals surface area contributed by atoms with Crippen LogP contribution in [0, 0.1) is 12.3 Å². The van der Waals surface area contributed by atoms with Crippen LogP contribution < -0.4 is 4.74 Å². The third-order valence-electron chi connectivity index (χ3n) is 3.16. The molecule has 1 aromatic heterocycles. The molecule has 0 aliphatic rings. The zero-order chi connectivity index (χ0) is 14.3. The molecule has 0 aliphatic heterocycles. The smallest absolute Gasteiger partial charge is 0.163 e. The molecule has 2 aromatic carbocycles. The molecular weight excluding hydrogens is 316 g/mol. The molecule has 0 saturated heterocycles. The number of fused-ring (bicyclic) bond motifs is 3. The average Bonchev–Trinajstić information content (AvgIpc) is 2.81. The normalized spacial score (nSPS) is 11.7. The maximum atomic E-state index is 5.88. The molecule has 0 N–H and O–H groups in total. The largest absolute Gasteiger partial charge is 0.474 e. The zero-order valence-corrected chi connectivity index (χ0v) is 12.8. The minimum atomic E-state index is -0.657. The van der Waals surface area contributed by atoms with Gasteiger partial charge >= 0.3 is 0 Å². The molecule has 20 heavy (non-hydrogen) atoms. The standard InChI is InChI=1S/C17H13BrO2/c1-4-17(2,3)20-14-10-9-13-15(16(14)18)11-7-5-6-8-12(11)19-13/h1,5-10H,2-3H3. The number of para-hydroxylation sites is 1. The molecule has 0 aliphatic carbocycles. The topological polar surface area (TPSA) is 22.4 Å². The van der Waals surface area contributed by atoms with E-state index >= 15 is 0 Å². The summed E-state index contributed by atoms with van der Waals surface area (Å²) < 4.78 is 12.6. The second kappa shape index (κ2) is 4.57. The Bertz CT molecular complexity index is 837. The van der Waals surface area contributed by atoms with Crippen molar-refractivity contribution in [2.75, 3.05) is 0 Å². The van der Waals surface area contributed by atoms with Gasteiger partial charge in [-0.1, -0.05) is 24.1 Å².